The Kier molecular flexibility index (Phi) is 8.11. The zero-order valence-electron chi connectivity index (χ0n) is 18.1. The van der Waals surface area contributed by atoms with Crippen molar-refractivity contribution in [2.24, 2.45) is 0 Å². The molecule has 2 amide bonds. The Hall–Kier alpha value is -2.62. The number of nitrogens with one attached hydrogen (secondary N) is 1. The predicted molar refractivity (Wildman–Crippen MR) is 125 cm³/mol. The number of anilines is 1. The van der Waals surface area contributed by atoms with Gasteiger partial charge in [0.25, 0.3) is 11.8 Å². The molecule has 9 heteroatoms. The highest BCUT2D eigenvalue weighted by molar-refractivity contribution is 9.10. The van der Waals surface area contributed by atoms with E-state index in [1.165, 1.54) is 4.90 Å². The number of methoxy groups -OCH3 is 1. The summed E-state index contributed by atoms with van der Waals surface area (Å²) in [7, 11) is 1.61. The molecule has 0 radical (unpaired) electrons. The summed E-state index contributed by atoms with van der Waals surface area (Å²) in [4.78, 5) is 28.6. The van der Waals surface area contributed by atoms with E-state index in [4.69, 9.17) is 4.74 Å². The van der Waals surface area contributed by atoms with Gasteiger partial charge in [0.05, 0.1) is 13.2 Å². The maximum Gasteiger partial charge on any atom is 0.254 e. The fourth-order valence-corrected chi connectivity index (χ4v) is 3.84. The normalized spacial score (nSPS) is 16.8. The Balaban J connectivity index is 1.51. The lowest BCUT2D eigenvalue weighted by atomic mass is 10.1. The minimum absolute atomic E-state index is 0.381. The first-order valence-electron chi connectivity index (χ1n) is 10.4. The first-order valence-corrected chi connectivity index (χ1v) is 11.2. The molecule has 0 spiro atoms. The van der Waals surface area contributed by atoms with Crippen LogP contribution in [-0.2, 0) is 9.59 Å². The lowest BCUT2D eigenvalue weighted by molar-refractivity contribution is -0.153. The van der Waals surface area contributed by atoms with E-state index in [1.807, 2.05) is 48.5 Å². The second-order valence-electron chi connectivity index (χ2n) is 7.68. The summed E-state index contributed by atoms with van der Waals surface area (Å²) in [5.74, 6) is -0.677. The third kappa shape index (κ3) is 5.79. The van der Waals surface area contributed by atoms with Crippen molar-refractivity contribution < 1.29 is 24.5 Å². The fourth-order valence-electron chi connectivity index (χ4n) is 3.58. The van der Waals surface area contributed by atoms with E-state index in [1.54, 1.807) is 14.0 Å². The van der Waals surface area contributed by atoms with E-state index >= 15 is 0 Å². The average Bonchev–Trinajstić information content (AvgIpc) is 2.83. The van der Waals surface area contributed by atoms with Gasteiger partial charge in [-0.2, -0.15) is 0 Å². The second kappa shape index (κ2) is 10.8. The summed E-state index contributed by atoms with van der Waals surface area (Å²) in [6.07, 6.45) is -3.67. The smallest absolute Gasteiger partial charge is 0.254 e. The van der Waals surface area contributed by atoms with Crippen LogP contribution >= 0.6 is 15.9 Å². The number of benzene rings is 2. The van der Waals surface area contributed by atoms with Crippen molar-refractivity contribution in [3.05, 3.63) is 58.6 Å². The average molecular weight is 506 g/mol. The van der Waals surface area contributed by atoms with Crippen LogP contribution in [0.25, 0.3) is 0 Å². The molecule has 32 heavy (non-hydrogen) atoms. The lowest BCUT2D eigenvalue weighted by Crippen LogP contribution is -2.55. The molecule has 1 aliphatic heterocycles. The van der Waals surface area contributed by atoms with E-state index in [9.17, 15) is 19.8 Å². The summed E-state index contributed by atoms with van der Waals surface area (Å²) < 4.78 is 6.08. The van der Waals surface area contributed by atoms with Gasteiger partial charge in [-0.3, -0.25) is 9.59 Å². The van der Waals surface area contributed by atoms with Crippen molar-refractivity contribution in [2.75, 3.05) is 38.2 Å². The molecule has 0 aromatic heterocycles. The number of amides is 2. The Bertz CT molecular complexity index is 914. The van der Waals surface area contributed by atoms with Gasteiger partial charge in [0.15, 0.2) is 12.2 Å². The summed E-state index contributed by atoms with van der Waals surface area (Å²) in [5.41, 5.74) is 1.85. The van der Waals surface area contributed by atoms with Gasteiger partial charge in [0, 0.05) is 36.3 Å². The van der Waals surface area contributed by atoms with E-state index in [0.29, 0.717) is 26.2 Å². The molecular formula is C23H28BrN3O5. The van der Waals surface area contributed by atoms with Gasteiger partial charge < -0.3 is 30.1 Å². The van der Waals surface area contributed by atoms with Crippen LogP contribution in [0.5, 0.6) is 5.75 Å². The van der Waals surface area contributed by atoms with Crippen LogP contribution in [0.15, 0.2) is 53.0 Å². The Labute approximate surface area is 195 Å². The number of carbonyl (C=O) groups excluding carboxylic acids is 2. The zero-order valence-corrected chi connectivity index (χ0v) is 19.7. The van der Waals surface area contributed by atoms with Crippen LogP contribution in [0.2, 0.25) is 0 Å². The molecule has 0 bridgehead atoms. The number of hydrogen-bond donors (Lipinski definition) is 3. The van der Waals surface area contributed by atoms with E-state index < -0.39 is 24.0 Å². The van der Waals surface area contributed by atoms with E-state index in [2.05, 4.69) is 26.1 Å². The van der Waals surface area contributed by atoms with Crippen molar-refractivity contribution in [1.82, 2.24) is 10.2 Å². The molecular weight excluding hydrogens is 478 g/mol. The maximum atomic E-state index is 12.7. The summed E-state index contributed by atoms with van der Waals surface area (Å²) in [6, 6.07) is 14.6. The van der Waals surface area contributed by atoms with Crippen LogP contribution < -0.4 is 15.0 Å². The number of ether oxygens (including phenoxy) is 1. The standard InChI is InChI=1S/C23H28BrN3O5/c1-15(16-3-5-17(24)6-4-16)25-22(30)20(28)21(29)23(31)27-13-11-26(12-14-27)18-7-9-19(32-2)10-8-18/h3-10,15,20-21,28-29H,11-14H2,1-2H3,(H,25,30). The van der Waals surface area contributed by atoms with Crippen molar-refractivity contribution in [3.63, 3.8) is 0 Å². The van der Waals surface area contributed by atoms with Gasteiger partial charge >= 0.3 is 0 Å². The van der Waals surface area contributed by atoms with Crippen molar-refractivity contribution >= 4 is 33.4 Å². The first kappa shape index (κ1) is 24.0. The number of carbonyl (C=O) groups is 2. The van der Waals surface area contributed by atoms with Gasteiger partial charge in [-0.05, 0) is 48.9 Å². The van der Waals surface area contributed by atoms with E-state index in [-0.39, 0.29) is 6.04 Å². The molecule has 1 saturated heterocycles. The van der Waals surface area contributed by atoms with Crippen LogP contribution in [0.4, 0.5) is 5.69 Å². The number of aliphatic hydroxyl groups is 2. The third-order valence-electron chi connectivity index (χ3n) is 5.58. The summed E-state index contributed by atoms with van der Waals surface area (Å²) >= 11 is 3.35. The van der Waals surface area contributed by atoms with Crippen molar-refractivity contribution in [2.45, 2.75) is 25.2 Å². The molecule has 3 rings (SSSR count). The Morgan fingerprint density at radius 3 is 2.12 bits per heavy atom. The van der Waals surface area contributed by atoms with Gasteiger partial charge in [0.1, 0.15) is 5.75 Å². The molecule has 2 aromatic carbocycles. The quantitative estimate of drug-likeness (QED) is 0.529. The Morgan fingerprint density at radius 2 is 1.56 bits per heavy atom. The Morgan fingerprint density at radius 1 is 0.969 bits per heavy atom. The molecule has 3 N–H and O–H groups in total. The number of nitrogens with zero attached hydrogens (tertiary/aromatic N) is 2. The number of piperazine rings is 1. The van der Waals surface area contributed by atoms with Crippen LogP contribution in [-0.4, -0.2) is 72.4 Å². The highest BCUT2D eigenvalue weighted by atomic mass is 79.9. The molecule has 8 nitrogen and oxygen atoms in total. The number of rotatable bonds is 7. The molecule has 2 aromatic rings. The van der Waals surface area contributed by atoms with Crippen molar-refractivity contribution in [3.8, 4) is 5.75 Å². The van der Waals surface area contributed by atoms with Crippen LogP contribution in [0, 0.1) is 0 Å². The van der Waals surface area contributed by atoms with Gasteiger partial charge in [-0.1, -0.05) is 28.1 Å². The number of halogens is 1. The minimum Gasteiger partial charge on any atom is -0.497 e. The molecule has 0 aliphatic carbocycles. The minimum atomic E-state index is -1.85. The summed E-state index contributed by atoms with van der Waals surface area (Å²) in [5, 5.41) is 23.2. The molecule has 172 valence electrons. The molecule has 1 fully saturated rings. The highest BCUT2D eigenvalue weighted by Gasteiger charge is 2.35. The largest absolute Gasteiger partial charge is 0.497 e. The highest BCUT2D eigenvalue weighted by Crippen LogP contribution is 2.21. The van der Waals surface area contributed by atoms with Crippen molar-refractivity contribution in [1.29, 1.82) is 0 Å². The molecule has 1 heterocycles. The molecule has 3 atom stereocenters. The third-order valence-corrected chi connectivity index (χ3v) is 6.11. The van der Waals surface area contributed by atoms with Crippen LogP contribution in [0.1, 0.15) is 18.5 Å². The summed E-state index contributed by atoms with van der Waals surface area (Å²) in [6.45, 7) is 3.68. The fraction of sp³-hybridized carbons (Fsp3) is 0.391. The number of aliphatic hydroxyl groups excluding tert-OH is 2. The van der Waals surface area contributed by atoms with Gasteiger partial charge in [0.2, 0.25) is 0 Å². The first-order chi connectivity index (χ1) is 15.3. The molecule has 0 saturated carbocycles. The topological polar surface area (TPSA) is 102 Å². The second-order valence-corrected chi connectivity index (χ2v) is 8.60. The SMILES string of the molecule is COc1ccc(N2CCN(C(=O)C(O)C(O)C(=O)NC(C)c3ccc(Br)cc3)CC2)cc1. The van der Waals surface area contributed by atoms with Crippen LogP contribution in [0.3, 0.4) is 0 Å². The monoisotopic (exact) mass is 505 g/mol. The molecule has 3 unspecified atom stereocenters. The van der Waals surface area contributed by atoms with E-state index in [0.717, 1.165) is 21.5 Å². The predicted octanol–water partition coefficient (Wildman–Crippen LogP) is 1.71. The lowest BCUT2D eigenvalue weighted by Gasteiger charge is -2.37. The zero-order chi connectivity index (χ0) is 23.3. The van der Waals surface area contributed by atoms with Gasteiger partial charge in [-0.15, -0.1) is 0 Å². The van der Waals surface area contributed by atoms with Gasteiger partial charge in [-0.25, -0.2) is 0 Å². The molecule has 1 aliphatic rings. The number of hydrogen-bond acceptors (Lipinski definition) is 6. The maximum absolute atomic E-state index is 12.7.